The van der Waals surface area contributed by atoms with Gasteiger partial charge in [-0.05, 0) is 48.4 Å². The van der Waals surface area contributed by atoms with Gasteiger partial charge in [-0.3, -0.25) is 0 Å². The predicted molar refractivity (Wildman–Crippen MR) is 75.7 cm³/mol. The van der Waals surface area contributed by atoms with E-state index in [1.807, 2.05) is 18.2 Å². The zero-order valence-electron chi connectivity index (χ0n) is 9.60. The summed E-state index contributed by atoms with van der Waals surface area (Å²) in [5.41, 5.74) is 7.04. The van der Waals surface area contributed by atoms with Crippen molar-refractivity contribution in [1.82, 2.24) is 0 Å². The van der Waals surface area contributed by atoms with E-state index >= 15 is 0 Å². The summed E-state index contributed by atoms with van der Waals surface area (Å²) in [6.07, 6.45) is 1.99. The highest BCUT2D eigenvalue weighted by Crippen LogP contribution is 2.22. The van der Waals surface area contributed by atoms with Crippen LogP contribution in [0.15, 0.2) is 41.8 Å². The first-order chi connectivity index (χ1) is 8.29. The predicted octanol–water partition coefficient (Wildman–Crippen LogP) is 3.76. The molecule has 90 valence electrons. The van der Waals surface area contributed by atoms with Gasteiger partial charge in [0.2, 0.25) is 0 Å². The number of benzene rings is 1. The maximum absolute atomic E-state index is 6.17. The Bertz CT molecular complexity index is 453. The van der Waals surface area contributed by atoms with Gasteiger partial charge in [0.1, 0.15) is 0 Å². The lowest BCUT2D eigenvalue weighted by Gasteiger charge is -2.14. The summed E-state index contributed by atoms with van der Waals surface area (Å²) in [7, 11) is 0. The molecule has 1 atom stereocenters. The minimum atomic E-state index is 0.466. The molecule has 1 heterocycles. The molecular formula is C14H16ClNS. The van der Waals surface area contributed by atoms with E-state index in [0.717, 1.165) is 17.9 Å². The standard InChI is InChI=1S/C14H16ClNS/c15-14-6-2-1-4-12(14)8-11(10-16)9-13-5-3-7-17-13/h1-7,11H,8-10,16H2. The van der Waals surface area contributed by atoms with Crippen molar-refractivity contribution in [3.8, 4) is 0 Å². The molecule has 0 radical (unpaired) electrons. The van der Waals surface area contributed by atoms with Crippen LogP contribution in [-0.4, -0.2) is 6.54 Å². The van der Waals surface area contributed by atoms with Crippen molar-refractivity contribution in [2.45, 2.75) is 12.8 Å². The molecule has 0 spiro atoms. The summed E-state index contributed by atoms with van der Waals surface area (Å²) < 4.78 is 0. The van der Waals surface area contributed by atoms with Gasteiger partial charge < -0.3 is 5.73 Å². The molecule has 0 amide bonds. The zero-order valence-corrected chi connectivity index (χ0v) is 11.2. The van der Waals surface area contributed by atoms with Gasteiger partial charge in [0.25, 0.3) is 0 Å². The number of hydrogen-bond donors (Lipinski definition) is 1. The van der Waals surface area contributed by atoms with Gasteiger partial charge in [0.15, 0.2) is 0 Å². The van der Waals surface area contributed by atoms with Crippen LogP contribution in [0.25, 0.3) is 0 Å². The van der Waals surface area contributed by atoms with Gasteiger partial charge >= 0.3 is 0 Å². The maximum atomic E-state index is 6.17. The molecule has 17 heavy (non-hydrogen) atoms. The monoisotopic (exact) mass is 265 g/mol. The lowest BCUT2D eigenvalue weighted by molar-refractivity contribution is 0.537. The lowest BCUT2D eigenvalue weighted by atomic mass is 9.95. The van der Waals surface area contributed by atoms with E-state index in [2.05, 4.69) is 23.6 Å². The first-order valence-corrected chi connectivity index (χ1v) is 7.01. The van der Waals surface area contributed by atoms with E-state index in [1.54, 1.807) is 11.3 Å². The Morgan fingerprint density at radius 1 is 1.12 bits per heavy atom. The number of rotatable bonds is 5. The van der Waals surface area contributed by atoms with E-state index in [-0.39, 0.29) is 0 Å². The number of nitrogens with two attached hydrogens (primary N) is 1. The highest BCUT2D eigenvalue weighted by molar-refractivity contribution is 7.09. The van der Waals surface area contributed by atoms with Crippen LogP contribution in [0.2, 0.25) is 5.02 Å². The van der Waals surface area contributed by atoms with Crippen molar-refractivity contribution in [1.29, 1.82) is 0 Å². The summed E-state index contributed by atoms with van der Waals surface area (Å²) in [6, 6.07) is 12.3. The van der Waals surface area contributed by atoms with E-state index in [1.165, 1.54) is 10.4 Å². The Morgan fingerprint density at radius 2 is 1.94 bits per heavy atom. The number of halogens is 1. The van der Waals surface area contributed by atoms with Gasteiger partial charge in [0, 0.05) is 9.90 Å². The summed E-state index contributed by atoms with van der Waals surface area (Å²) in [6.45, 7) is 0.698. The summed E-state index contributed by atoms with van der Waals surface area (Å²) in [4.78, 5) is 1.40. The van der Waals surface area contributed by atoms with E-state index in [0.29, 0.717) is 12.5 Å². The van der Waals surface area contributed by atoms with Gasteiger partial charge in [-0.15, -0.1) is 11.3 Å². The first-order valence-electron chi connectivity index (χ1n) is 5.75. The fourth-order valence-corrected chi connectivity index (χ4v) is 2.96. The molecule has 0 aliphatic heterocycles. The molecule has 2 rings (SSSR count). The molecule has 0 bridgehead atoms. The summed E-state index contributed by atoms with van der Waals surface area (Å²) >= 11 is 7.96. The minimum Gasteiger partial charge on any atom is -0.330 e. The first kappa shape index (κ1) is 12.6. The molecule has 1 unspecified atom stereocenters. The van der Waals surface area contributed by atoms with Crippen molar-refractivity contribution in [2.75, 3.05) is 6.54 Å². The lowest BCUT2D eigenvalue weighted by Crippen LogP contribution is -2.19. The summed E-state index contributed by atoms with van der Waals surface area (Å²) in [5.74, 6) is 0.466. The fraction of sp³-hybridized carbons (Fsp3) is 0.286. The third-order valence-corrected chi connectivity index (χ3v) is 4.14. The van der Waals surface area contributed by atoms with Crippen LogP contribution in [-0.2, 0) is 12.8 Å². The topological polar surface area (TPSA) is 26.0 Å². The molecule has 1 nitrogen and oxygen atoms in total. The molecule has 0 fully saturated rings. The molecule has 2 aromatic rings. The molecule has 3 heteroatoms. The number of thiophene rings is 1. The minimum absolute atomic E-state index is 0.466. The van der Waals surface area contributed by atoms with Gasteiger partial charge in [0.05, 0.1) is 0 Å². The van der Waals surface area contributed by atoms with E-state index in [4.69, 9.17) is 17.3 Å². The van der Waals surface area contributed by atoms with Gasteiger partial charge in [-0.1, -0.05) is 35.9 Å². The molecule has 1 aromatic carbocycles. The van der Waals surface area contributed by atoms with Crippen LogP contribution in [0.4, 0.5) is 0 Å². The van der Waals surface area contributed by atoms with Gasteiger partial charge in [-0.25, -0.2) is 0 Å². The normalized spacial score (nSPS) is 12.6. The molecule has 0 saturated carbocycles. The zero-order chi connectivity index (χ0) is 12.1. The third-order valence-electron chi connectivity index (χ3n) is 2.87. The molecule has 0 aliphatic rings. The average Bonchev–Trinajstić information content (AvgIpc) is 2.84. The van der Waals surface area contributed by atoms with Crippen molar-refractivity contribution >= 4 is 22.9 Å². The fourth-order valence-electron chi connectivity index (χ4n) is 1.93. The van der Waals surface area contributed by atoms with Crippen LogP contribution in [0, 0.1) is 5.92 Å². The van der Waals surface area contributed by atoms with Crippen LogP contribution < -0.4 is 5.73 Å². The Balaban J connectivity index is 2.03. The van der Waals surface area contributed by atoms with Crippen molar-refractivity contribution in [3.63, 3.8) is 0 Å². The molecule has 0 aliphatic carbocycles. The second-order valence-corrected chi connectivity index (χ2v) is 5.62. The summed E-state index contributed by atoms with van der Waals surface area (Å²) in [5, 5.41) is 2.95. The second-order valence-electron chi connectivity index (χ2n) is 4.18. The van der Waals surface area contributed by atoms with Crippen LogP contribution in [0.1, 0.15) is 10.4 Å². The van der Waals surface area contributed by atoms with Crippen LogP contribution >= 0.6 is 22.9 Å². The Hall–Kier alpha value is -0.830. The quantitative estimate of drug-likeness (QED) is 0.875. The Morgan fingerprint density at radius 3 is 2.59 bits per heavy atom. The van der Waals surface area contributed by atoms with Crippen molar-refractivity contribution < 1.29 is 0 Å². The average molecular weight is 266 g/mol. The maximum Gasteiger partial charge on any atom is 0.0438 e. The molecule has 0 saturated heterocycles. The van der Waals surface area contributed by atoms with E-state index < -0.39 is 0 Å². The molecule has 2 N–H and O–H groups in total. The smallest absolute Gasteiger partial charge is 0.0438 e. The van der Waals surface area contributed by atoms with Crippen molar-refractivity contribution in [3.05, 3.63) is 57.2 Å². The Labute approximate surface area is 111 Å². The van der Waals surface area contributed by atoms with Crippen LogP contribution in [0.3, 0.4) is 0 Å². The van der Waals surface area contributed by atoms with E-state index in [9.17, 15) is 0 Å². The second kappa shape index (κ2) is 6.20. The number of hydrogen-bond acceptors (Lipinski definition) is 2. The molecule has 1 aromatic heterocycles. The SMILES string of the molecule is NCC(Cc1cccs1)Cc1ccccc1Cl. The van der Waals surface area contributed by atoms with Gasteiger partial charge in [-0.2, -0.15) is 0 Å². The highest BCUT2D eigenvalue weighted by Gasteiger charge is 2.11. The molecular weight excluding hydrogens is 250 g/mol. The highest BCUT2D eigenvalue weighted by atomic mass is 35.5. The third kappa shape index (κ3) is 3.56. The largest absolute Gasteiger partial charge is 0.330 e. The van der Waals surface area contributed by atoms with Crippen molar-refractivity contribution in [2.24, 2.45) is 11.7 Å². The van der Waals surface area contributed by atoms with Crippen LogP contribution in [0.5, 0.6) is 0 Å². The Kier molecular flexibility index (Phi) is 4.60.